The van der Waals surface area contributed by atoms with Gasteiger partial charge in [0.15, 0.2) is 0 Å². The van der Waals surface area contributed by atoms with Gasteiger partial charge in [-0.3, -0.25) is 0 Å². The van der Waals surface area contributed by atoms with E-state index in [9.17, 15) is 8.42 Å². The van der Waals surface area contributed by atoms with Gasteiger partial charge >= 0.3 is 0 Å². The van der Waals surface area contributed by atoms with Crippen LogP contribution in [0.1, 0.15) is 25.8 Å². The van der Waals surface area contributed by atoms with Crippen LogP contribution in [0.4, 0.5) is 5.69 Å². The number of hydrogen-bond acceptors (Lipinski definition) is 4. The molecule has 0 bridgehead atoms. The molecule has 1 aromatic rings. The van der Waals surface area contributed by atoms with Crippen molar-refractivity contribution in [3.63, 3.8) is 0 Å². The van der Waals surface area contributed by atoms with E-state index in [1.165, 1.54) is 0 Å². The average molecular weight is 298 g/mol. The van der Waals surface area contributed by atoms with Crippen molar-refractivity contribution in [2.75, 3.05) is 25.0 Å². The lowest BCUT2D eigenvalue weighted by atomic mass is 10.0. The summed E-state index contributed by atoms with van der Waals surface area (Å²) < 4.78 is 32.8. The molecule has 1 aromatic carbocycles. The van der Waals surface area contributed by atoms with Crippen molar-refractivity contribution in [3.05, 3.63) is 23.8 Å². The van der Waals surface area contributed by atoms with Gasteiger partial charge in [0, 0.05) is 25.4 Å². The largest absolute Gasteiger partial charge is 0.385 e. The number of hydrogen-bond donors (Lipinski definition) is 2. The molecule has 0 aromatic heterocycles. The third-order valence-electron chi connectivity index (χ3n) is 3.35. The van der Waals surface area contributed by atoms with Crippen molar-refractivity contribution < 1.29 is 13.2 Å². The van der Waals surface area contributed by atoms with Crippen LogP contribution in [0, 0.1) is 0 Å². The number of sulfonamides is 1. The molecule has 2 N–H and O–H groups in total. The van der Waals surface area contributed by atoms with E-state index in [0.29, 0.717) is 11.5 Å². The molecule has 112 valence electrons. The zero-order valence-corrected chi connectivity index (χ0v) is 12.8. The molecule has 20 heavy (non-hydrogen) atoms. The van der Waals surface area contributed by atoms with Crippen molar-refractivity contribution in [1.29, 1.82) is 0 Å². The maximum Gasteiger partial charge on any atom is 0.241 e. The van der Waals surface area contributed by atoms with E-state index in [1.54, 1.807) is 12.1 Å². The number of nitrogens with one attached hydrogen (secondary N) is 2. The van der Waals surface area contributed by atoms with Gasteiger partial charge in [-0.1, -0.05) is 6.07 Å². The lowest BCUT2D eigenvalue weighted by Crippen LogP contribution is -2.33. The van der Waals surface area contributed by atoms with Gasteiger partial charge in [0.2, 0.25) is 10.0 Å². The van der Waals surface area contributed by atoms with Crippen LogP contribution < -0.4 is 10.0 Å². The maximum absolute atomic E-state index is 12.4. The molecule has 1 heterocycles. The number of fused-ring (bicyclic) bond motifs is 1. The monoisotopic (exact) mass is 298 g/mol. The van der Waals surface area contributed by atoms with E-state index < -0.39 is 10.0 Å². The topological polar surface area (TPSA) is 67.4 Å². The standard InChI is InChI=1S/C14H22N2O3S/c1-3-19-11(2)10-16-20(17,18)14-8-4-7-13-12(14)6-5-9-15-13/h4,7-8,11,15-16H,3,5-6,9-10H2,1-2H3. The van der Waals surface area contributed by atoms with E-state index in [4.69, 9.17) is 4.74 Å². The van der Waals surface area contributed by atoms with Crippen molar-refractivity contribution in [1.82, 2.24) is 4.72 Å². The number of benzene rings is 1. The normalized spacial score (nSPS) is 16.3. The molecule has 1 aliphatic heterocycles. The van der Waals surface area contributed by atoms with Crippen LogP contribution in [-0.4, -0.2) is 34.2 Å². The van der Waals surface area contributed by atoms with Crippen LogP contribution in [0.2, 0.25) is 0 Å². The summed E-state index contributed by atoms with van der Waals surface area (Å²) in [4.78, 5) is 0.380. The van der Waals surface area contributed by atoms with Gasteiger partial charge < -0.3 is 10.1 Å². The smallest absolute Gasteiger partial charge is 0.241 e. The molecule has 1 aliphatic rings. The average Bonchev–Trinajstić information content (AvgIpc) is 2.45. The van der Waals surface area contributed by atoms with Crippen LogP contribution in [0.25, 0.3) is 0 Å². The minimum atomic E-state index is -3.49. The molecule has 0 spiro atoms. The molecular weight excluding hydrogens is 276 g/mol. The second-order valence-corrected chi connectivity index (χ2v) is 6.67. The Morgan fingerprint density at radius 2 is 2.25 bits per heavy atom. The maximum atomic E-state index is 12.4. The summed E-state index contributed by atoms with van der Waals surface area (Å²) in [6.45, 7) is 5.50. The summed E-state index contributed by atoms with van der Waals surface area (Å²) in [7, 11) is -3.49. The molecular formula is C14H22N2O3S. The quantitative estimate of drug-likeness (QED) is 0.839. The zero-order valence-electron chi connectivity index (χ0n) is 12.0. The van der Waals surface area contributed by atoms with Gasteiger partial charge in [0.25, 0.3) is 0 Å². The van der Waals surface area contributed by atoms with Crippen LogP contribution in [0.3, 0.4) is 0 Å². The Bertz CT molecular complexity index is 558. The second kappa shape index (κ2) is 6.56. The molecule has 2 rings (SSSR count). The lowest BCUT2D eigenvalue weighted by molar-refractivity contribution is 0.0799. The van der Waals surface area contributed by atoms with Crippen molar-refractivity contribution in [3.8, 4) is 0 Å². The van der Waals surface area contributed by atoms with Gasteiger partial charge in [-0.2, -0.15) is 0 Å². The zero-order chi connectivity index (χ0) is 14.6. The van der Waals surface area contributed by atoms with E-state index in [1.807, 2.05) is 19.9 Å². The molecule has 0 fully saturated rings. The van der Waals surface area contributed by atoms with Gasteiger partial charge in [-0.25, -0.2) is 13.1 Å². The fourth-order valence-corrected chi connectivity index (χ4v) is 3.78. The lowest BCUT2D eigenvalue weighted by Gasteiger charge is -2.21. The van der Waals surface area contributed by atoms with Gasteiger partial charge in [-0.15, -0.1) is 0 Å². The predicted molar refractivity (Wildman–Crippen MR) is 79.5 cm³/mol. The van der Waals surface area contributed by atoms with Crippen LogP contribution in [-0.2, 0) is 21.2 Å². The van der Waals surface area contributed by atoms with Gasteiger partial charge in [0.05, 0.1) is 11.0 Å². The first-order valence-electron chi connectivity index (χ1n) is 7.01. The Morgan fingerprint density at radius 1 is 1.45 bits per heavy atom. The fraction of sp³-hybridized carbons (Fsp3) is 0.571. The first-order chi connectivity index (χ1) is 9.54. The highest BCUT2D eigenvalue weighted by Gasteiger charge is 2.22. The molecule has 1 atom stereocenters. The Kier molecular flexibility index (Phi) is 5.01. The molecule has 1 unspecified atom stereocenters. The van der Waals surface area contributed by atoms with Crippen LogP contribution in [0.15, 0.2) is 23.1 Å². The number of rotatable bonds is 6. The van der Waals surface area contributed by atoms with Gasteiger partial charge in [0.1, 0.15) is 0 Å². The molecule has 5 nitrogen and oxygen atoms in total. The van der Waals surface area contributed by atoms with Gasteiger partial charge in [-0.05, 0) is 44.4 Å². The summed E-state index contributed by atoms with van der Waals surface area (Å²) in [6, 6.07) is 5.37. The summed E-state index contributed by atoms with van der Waals surface area (Å²) in [5.74, 6) is 0. The highest BCUT2D eigenvalue weighted by Crippen LogP contribution is 2.28. The molecule has 0 radical (unpaired) electrons. The highest BCUT2D eigenvalue weighted by atomic mass is 32.2. The first-order valence-corrected chi connectivity index (χ1v) is 8.50. The SMILES string of the molecule is CCOC(C)CNS(=O)(=O)c1cccc2c1CCCN2. The second-order valence-electron chi connectivity index (χ2n) is 4.93. The molecule has 0 saturated carbocycles. The highest BCUT2D eigenvalue weighted by molar-refractivity contribution is 7.89. The van der Waals surface area contributed by atoms with Crippen LogP contribution >= 0.6 is 0 Å². The summed E-state index contributed by atoms with van der Waals surface area (Å²) in [5.41, 5.74) is 1.81. The third kappa shape index (κ3) is 3.50. The summed E-state index contributed by atoms with van der Waals surface area (Å²) >= 11 is 0. The van der Waals surface area contributed by atoms with Crippen molar-refractivity contribution >= 4 is 15.7 Å². The number of anilines is 1. The molecule has 0 saturated heterocycles. The van der Waals surface area contributed by atoms with Crippen molar-refractivity contribution in [2.24, 2.45) is 0 Å². The molecule has 0 aliphatic carbocycles. The Labute approximate surface area is 120 Å². The van der Waals surface area contributed by atoms with Crippen molar-refractivity contribution in [2.45, 2.75) is 37.7 Å². The number of ether oxygens (including phenoxy) is 1. The Balaban J connectivity index is 2.17. The van der Waals surface area contributed by atoms with E-state index in [0.717, 1.165) is 30.6 Å². The fourth-order valence-electron chi connectivity index (χ4n) is 2.38. The predicted octanol–water partition coefficient (Wildman–Crippen LogP) is 1.75. The van der Waals surface area contributed by atoms with E-state index >= 15 is 0 Å². The molecule has 0 amide bonds. The first kappa shape index (κ1) is 15.3. The Hall–Kier alpha value is -1.11. The summed E-state index contributed by atoms with van der Waals surface area (Å²) in [5, 5.41) is 3.24. The minimum Gasteiger partial charge on any atom is -0.385 e. The minimum absolute atomic E-state index is 0.132. The Morgan fingerprint density at radius 3 is 3.00 bits per heavy atom. The summed E-state index contributed by atoms with van der Waals surface area (Å²) in [6.07, 6.45) is 1.61. The molecule has 6 heteroatoms. The van der Waals surface area contributed by atoms with Crippen LogP contribution in [0.5, 0.6) is 0 Å². The van der Waals surface area contributed by atoms with E-state index in [2.05, 4.69) is 10.0 Å². The third-order valence-corrected chi connectivity index (χ3v) is 4.86. The van der Waals surface area contributed by atoms with E-state index in [-0.39, 0.29) is 12.6 Å².